The number of hydrogen-bond acceptors (Lipinski definition) is 2. The van der Waals surface area contributed by atoms with Crippen LogP contribution in [0.5, 0.6) is 0 Å². The zero-order chi connectivity index (χ0) is 9.94. The second kappa shape index (κ2) is 9.52. The zero-order valence-corrected chi connectivity index (χ0v) is 8.86. The summed E-state index contributed by atoms with van der Waals surface area (Å²) in [6.45, 7) is 6.77. The third-order valence-corrected chi connectivity index (χ3v) is 1.83. The van der Waals surface area contributed by atoms with Gasteiger partial charge in [-0.15, -0.1) is 0 Å². The molecule has 2 N–H and O–H groups in total. The molecule has 0 aliphatic carbocycles. The minimum absolute atomic E-state index is 0.0732. The molecule has 3 heteroatoms. The number of unbranched alkanes of at least 4 members (excludes halogenated alkanes) is 2. The largest absolute Gasteiger partial charge is 0.356 e. The van der Waals surface area contributed by atoms with E-state index in [4.69, 9.17) is 0 Å². The number of nitrogens with one attached hydrogen (secondary N) is 2. The highest BCUT2D eigenvalue weighted by atomic mass is 16.1. The lowest BCUT2D eigenvalue weighted by atomic mass is 10.2. The van der Waals surface area contributed by atoms with E-state index in [0.29, 0.717) is 0 Å². The van der Waals surface area contributed by atoms with Gasteiger partial charge in [0.1, 0.15) is 0 Å². The van der Waals surface area contributed by atoms with Crippen LogP contribution in [0.3, 0.4) is 0 Å². The van der Waals surface area contributed by atoms with Crippen LogP contribution < -0.4 is 10.6 Å². The molecule has 0 heterocycles. The highest BCUT2D eigenvalue weighted by Crippen LogP contribution is 1.92. The Balaban J connectivity index is 2.87. The highest BCUT2D eigenvalue weighted by molar-refractivity contribution is 5.72. The van der Waals surface area contributed by atoms with E-state index in [1.54, 1.807) is 6.92 Å². The predicted molar refractivity (Wildman–Crippen MR) is 55.7 cm³/mol. The first-order valence-electron chi connectivity index (χ1n) is 5.22. The van der Waals surface area contributed by atoms with Gasteiger partial charge in [0.2, 0.25) is 5.91 Å². The van der Waals surface area contributed by atoms with E-state index in [9.17, 15) is 4.79 Å². The molecule has 0 aliphatic heterocycles. The van der Waals surface area contributed by atoms with Gasteiger partial charge < -0.3 is 10.6 Å². The minimum Gasteiger partial charge on any atom is -0.356 e. The number of amides is 1. The molecule has 13 heavy (non-hydrogen) atoms. The number of carbonyl (C=O) groups is 1. The van der Waals surface area contributed by atoms with Crippen molar-refractivity contribution in [3.05, 3.63) is 0 Å². The van der Waals surface area contributed by atoms with Crippen LogP contribution in [0.25, 0.3) is 0 Å². The van der Waals surface area contributed by atoms with Gasteiger partial charge in [-0.05, 0) is 32.4 Å². The van der Waals surface area contributed by atoms with Gasteiger partial charge in [-0.1, -0.05) is 13.3 Å². The standard InChI is InChI=1S/C10H22N2O/c1-3-7-11-8-5-4-6-9-12-10(2)13/h11H,3-9H2,1-2H3,(H,12,13). The highest BCUT2D eigenvalue weighted by Gasteiger charge is 1.91. The second-order valence-corrected chi connectivity index (χ2v) is 3.29. The van der Waals surface area contributed by atoms with Crippen LogP contribution in [-0.4, -0.2) is 25.5 Å². The van der Waals surface area contributed by atoms with Crippen LogP contribution in [0.2, 0.25) is 0 Å². The topological polar surface area (TPSA) is 41.1 Å². The minimum atomic E-state index is 0.0732. The molecule has 0 rings (SSSR count). The lowest BCUT2D eigenvalue weighted by molar-refractivity contribution is -0.118. The number of rotatable bonds is 8. The fraction of sp³-hybridized carbons (Fsp3) is 0.900. The molecular formula is C10H22N2O. The Morgan fingerprint density at radius 2 is 1.77 bits per heavy atom. The van der Waals surface area contributed by atoms with Crippen molar-refractivity contribution in [1.29, 1.82) is 0 Å². The molecule has 0 aromatic carbocycles. The average Bonchev–Trinajstić information content (AvgIpc) is 2.09. The van der Waals surface area contributed by atoms with Gasteiger partial charge in [-0.3, -0.25) is 4.79 Å². The fourth-order valence-electron chi connectivity index (χ4n) is 1.12. The SMILES string of the molecule is CCCNCCCCCNC(C)=O. The Labute approximate surface area is 81.3 Å². The van der Waals surface area contributed by atoms with E-state index >= 15 is 0 Å². The molecule has 0 aromatic heterocycles. The van der Waals surface area contributed by atoms with Gasteiger partial charge in [-0.2, -0.15) is 0 Å². The maximum Gasteiger partial charge on any atom is 0.216 e. The molecule has 0 atom stereocenters. The van der Waals surface area contributed by atoms with E-state index in [0.717, 1.165) is 26.1 Å². The smallest absolute Gasteiger partial charge is 0.216 e. The van der Waals surface area contributed by atoms with Crippen molar-refractivity contribution in [3.63, 3.8) is 0 Å². The molecule has 3 nitrogen and oxygen atoms in total. The molecule has 0 radical (unpaired) electrons. The van der Waals surface area contributed by atoms with Gasteiger partial charge in [0.15, 0.2) is 0 Å². The van der Waals surface area contributed by atoms with Crippen molar-refractivity contribution in [3.8, 4) is 0 Å². The molecule has 0 spiro atoms. The van der Waals surface area contributed by atoms with Crippen LogP contribution in [0.4, 0.5) is 0 Å². The Bertz CT molecular complexity index is 126. The molecule has 0 saturated heterocycles. The molecule has 0 bridgehead atoms. The van der Waals surface area contributed by atoms with Crippen molar-refractivity contribution in [2.75, 3.05) is 19.6 Å². The molecule has 0 aromatic rings. The Kier molecular flexibility index (Phi) is 9.10. The summed E-state index contributed by atoms with van der Waals surface area (Å²) < 4.78 is 0. The van der Waals surface area contributed by atoms with Crippen LogP contribution in [-0.2, 0) is 4.79 Å². The third kappa shape index (κ3) is 11.4. The van der Waals surface area contributed by atoms with Crippen LogP contribution >= 0.6 is 0 Å². The number of carbonyl (C=O) groups excluding carboxylic acids is 1. The first-order chi connectivity index (χ1) is 6.27. The molecule has 0 fully saturated rings. The van der Waals surface area contributed by atoms with E-state index in [1.165, 1.54) is 19.3 Å². The quantitative estimate of drug-likeness (QED) is 0.561. The molecule has 1 amide bonds. The van der Waals surface area contributed by atoms with E-state index in [-0.39, 0.29) is 5.91 Å². The summed E-state index contributed by atoms with van der Waals surface area (Å²) in [5.74, 6) is 0.0732. The normalized spacial score (nSPS) is 10.0. The summed E-state index contributed by atoms with van der Waals surface area (Å²) in [6, 6.07) is 0. The molecule has 0 unspecified atom stereocenters. The number of hydrogen-bond donors (Lipinski definition) is 2. The van der Waals surface area contributed by atoms with Crippen molar-refractivity contribution in [2.45, 2.75) is 39.5 Å². The Morgan fingerprint density at radius 1 is 1.08 bits per heavy atom. The van der Waals surface area contributed by atoms with Crippen molar-refractivity contribution in [2.24, 2.45) is 0 Å². The van der Waals surface area contributed by atoms with Crippen molar-refractivity contribution in [1.82, 2.24) is 10.6 Å². The van der Waals surface area contributed by atoms with Gasteiger partial charge in [0.25, 0.3) is 0 Å². The van der Waals surface area contributed by atoms with Gasteiger partial charge >= 0.3 is 0 Å². The van der Waals surface area contributed by atoms with Crippen LogP contribution in [0.15, 0.2) is 0 Å². The predicted octanol–water partition coefficient (Wildman–Crippen LogP) is 1.29. The van der Waals surface area contributed by atoms with Gasteiger partial charge in [0.05, 0.1) is 0 Å². The Morgan fingerprint density at radius 3 is 2.38 bits per heavy atom. The average molecular weight is 186 g/mol. The first kappa shape index (κ1) is 12.4. The monoisotopic (exact) mass is 186 g/mol. The zero-order valence-electron chi connectivity index (χ0n) is 8.86. The second-order valence-electron chi connectivity index (χ2n) is 3.29. The maximum absolute atomic E-state index is 10.5. The third-order valence-electron chi connectivity index (χ3n) is 1.83. The molecule has 0 saturated carbocycles. The molecule has 0 aliphatic rings. The van der Waals surface area contributed by atoms with E-state index in [2.05, 4.69) is 17.6 Å². The van der Waals surface area contributed by atoms with Crippen molar-refractivity contribution < 1.29 is 4.79 Å². The summed E-state index contributed by atoms with van der Waals surface area (Å²) in [5.41, 5.74) is 0. The van der Waals surface area contributed by atoms with Gasteiger partial charge in [0, 0.05) is 13.5 Å². The van der Waals surface area contributed by atoms with Crippen LogP contribution in [0, 0.1) is 0 Å². The Hall–Kier alpha value is -0.570. The lowest BCUT2D eigenvalue weighted by Gasteiger charge is -2.03. The first-order valence-corrected chi connectivity index (χ1v) is 5.22. The summed E-state index contributed by atoms with van der Waals surface area (Å²) in [7, 11) is 0. The lowest BCUT2D eigenvalue weighted by Crippen LogP contribution is -2.21. The fourth-order valence-corrected chi connectivity index (χ4v) is 1.12. The maximum atomic E-state index is 10.5. The van der Waals surface area contributed by atoms with E-state index < -0.39 is 0 Å². The summed E-state index contributed by atoms with van der Waals surface area (Å²) in [5, 5.41) is 6.14. The van der Waals surface area contributed by atoms with Gasteiger partial charge in [-0.25, -0.2) is 0 Å². The van der Waals surface area contributed by atoms with Crippen LogP contribution in [0.1, 0.15) is 39.5 Å². The molecule has 78 valence electrons. The molecular weight excluding hydrogens is 164 g/mol. The van der Waals surface area contributed by atoms with Crippen molar-refractivity contribution >= 4 is 5.91 Å². The summed E-state index contributed by atoms with van der Waals surface area (Å²) in [6.07, 6.45) is 4.69. The summed E-state index contributed by atoms with van der Waals surface area (Å²) >= 11 is 0. The van der Waals surface area contributed by atoms with E-state index in [1.807, 2.05) is 0 Å². The summed E-state index contributed by atoms with van der Waals surface area (Å²) in [4.78, 5) is 10.5.